The third-order valence-electron chi connectivity index (χ3n) is 15.1. The summed E-state index contributed by atoms with van der Waals surface area (Å²) in [6, 6.07) is 26.1. The number of ether oxygens (including phenoxy) is 5. The summed E-state index contributed by atoms with van der Waals surface area (Å²) in [7, 11) is 3.83. The first kappa shape index (κ1) is 59.5. The Kier molecular flexibility index (Phi) is 16.8. The number of hydrogen-bond donors (Lipinski definition) is 5. The Labute approximate surface area is 504 Å². The molecule has 3 aliphatic heterocycles. The molecule has 6 aromatic heterocycles. The largest absolute Gasteiger partial charge is 0.457 e. The Morgan fingerprint density at radius 2 is 1.11 bits per heavy atom. The number of likely N-dealkylation sites (N-methyl/N-ethyl adjacent to an activating group) is 2. The van der Waals surface area contributed by atoms with Crippen LogP contribution in [0.1, 0.15) is 50.7 Å². The maximum absolute atomic E-state index is 13.6. The molecule has 0 spiro atoms. The van der Waals surface area contributed by atoms with Gasteiger partial charge in [-0.05, 0) is 111 Å². The van der Waals surface area contributed by atoms with Crippen molar-refractivity contribution in [1.29, 1.82) is 0 Å². The van der Waals surface area contributed by atoms with E-state index in [0.717, 1.165) is 0 Å². The number of nitrogens with one attached hydrogen (secondary N) is 2. The molecule has 3 aliphatic rings. The third-order valence-corrected chi connectivity index (χ3v) is 15.1. The van der Waals surface area contributed by atoms with Crippen LogP contribution in [0.5, 0.6) is 34.5 Å². The van der Waals surface area contributed by atoms with Crippen LogP contribution in [0.25, 0.3) is 33.8 Å². The highest BCUT2D eigenvalue weighted by atomic mass is 19.3. The van der Waals surface area contributed by atoms with E-state index < -0.39 is 36.2 Å². The number of carbonyl (C=O) groups is 2. The molecular formula is C61H58F4N14O10. The number of aliphatic hydroxyl groups is 3. The van der Waals surface area contributed by atoms with Gasteiger partial charge in [0.1, 0.15) is 68.2 Å². The number of nitrogens with zero attached hydrogens (tertiary/aromatic N) is 12. The molecule has 0 bridgehead atoms. The number of likely N-dealkylation sites (tertiary alicyclic amines) is 2. The summed E-state index contributed by atoms with van der Waals surface area (Å²) < 4.78 is 87.6. The molecule has 3 saturated heterocycles. The van der Waals surface area contributed by atoms with Gasteiger partial charge >= 0.3 is 13.2 Å². The van der Waals surface area contributed by atoms with Gasteiger partial charge in [0.25, 0.3) is 11.8 Å². The molecule has 0 aliphatic carbocycles. The molecule has 0 unspecified atom stereocenters. The van der Waals surface area contributed by atoms with E-state index in [-0.39, 0.29) is 81.5 Å². The lowest BCUT2D eigenvalue weighted by molar-refractivity contribution is -0.0922. The lowest BCUT2D eigenvalue weighted by Gasteiger charge is -2.44. The number of fused-ring (bicyclic) bond motifs is 2. The number of benzene rings is 4. The maximum Gasteiger partial charge on any atom is 0.387 e. The summed E-state index contributed by atoms with van der Waals surface area (Å²) >= 11 is 0. The zero-order valence-electron chi connectivity index (χ0n) is 47.7. The van der Waals surface area contributed by atoms with Crippen LogP contribution in [0.2, 0.25) is 0 Å². The van der Waals surface area contributed by atoms with Gasteiger partial charge in [-0.2, -0.15) is 38.0 Å². The highest BCUT2D eigenvalue weighted by Gasteiger charge is 2.42. The Morgan fingerprint density at radius 3 is 1.58 bits per heavy atom. The first-order valence-electron chi connectivity index (χ1n) is 28.1. The molecule has 3 fully saturated rings. The van der Waals surface area contributed by atoms with Gasteiger partial charge in [0, 0.05) is 76.6 Å². The van der Waals surface area contributed by atoms with Crippen LogP contribution >= 0.6 is 0 Å². The monoisotopic (exact) mass is 1220 g/mol. The van der Waals surface area contributed by atoms with E-state index in [1.807, 2.05) is 36.0 Å². The average Bonchev–Trinajstić information content (AvgIpc) is 2.12. The minimum absolute atomic E-state index is 0.0326. The van der Waals surface area contributed by atoms with Crippen molar-refractivity contribution in [2.45, 2.75) is 49.9 Å². The molecule has 0 atom stereocenters. The Balaban J connectivity index is 0.000000173. The zero-order valence-corrected chi connectivity index (χ0v) is 47.7. The summed E-state index contributed by atoms with van der Waals surface area (Å²) in [5.41, 5.74) is 1.59. The standard InChI is InChI=1S/C32H31F2N7O5.C29H27F2N7O5/c1-39-18-32(43,19-39)20-4-2-5-22(14-20)45-23-6-7-27(46-31(33)34)24(15-23)28-26(17-41(38-28)21-8-12-44-13-9-21)37-30(42)25-16-36-40-11-3-10-35-29(25)40;1-36-16-29(41,17-36)18-4-2-5-19(12-18)42-20-6-7-24(43-28(30)31)21(13-20)25-23(15-37(35-25)10-11-39)34-27(40)22-14-33-38-9-3-8-32-26(22)38/h2-7,10-11,14-17,21,31,43H,8-9,12-13,18-19H2,1H3,(H,37,42);2-9,12-15,28,39,41H,10-11,16-17H2,1H3,(H,34,40). The smallest absolute Gasteiger partial charge is 0.387 e. The Bertz CT molecular complexity index is 4200. The minimum atomic E-state index is -3.13. The molecule has 28 heteroatoms. The Morgan fingerprint density at radius 1 is 0.640 bits per heavy atom. The second-order valence-electron chi connectivity index (χ2n) is 21.6. The van der Waals surface area contributed by atoms with Crippen LogP contribution in [0.15, 0.2) is 147 Å². The van der Waals surface area contributed by atoms with Gasteiger partial charge in [-0.1, -0.05) is 24.3 Å². The van der Waals surface area contributed by atoms with Crippen molar-refractivity contribution in [3.63, 3.8) is 0 Å². The molecule has 0 radical (unpaired) electrons. The number of aromatic nitrogens is 10. The van der Waals surface area contributed by atoms with Crippen LogP contribution in [-0.2, 0) is 22.5 Å². The number of β-amino-alcohol motifs (C(OH)–C–C–N with tert-alkyl or cyclic N) is 2. The van der Waals surface area contributed by atoms with Crippen LogP contribution in [-0.4, -0.2) is 159 Å². The molecular weight excluding hydrogens is 1160 g/mol. The van der Waals surface area contributed by atoms with E-state index in [1.54, 1.807) is 84.1 Å². The van der Waals surface area contributed by atoms with Crippen LogP contribution in [0.3, 0.4) is 0 Å². The SMILES string of the molecule is CN1CC(O)(c2cccc(Oc3ccc(OC(F)F)c(-c4nn(C5CCOCC5)cc4NC(=O)c4cnn5cccnc45)c3)c2)C1.CN1CC(O)(c2cccc(Oc3ccc(OC(F)F)c(-c4nn(CCO)cc4NC(=O)c4cnn5cccnc45)c3)c2)C1. The number of anilines is 2. The number of carbonyl (C=O) groups excluding carboxylic acids is 2. The number of hydrogen-bond acceptors (Lipinski definition) is 18. The number of halogens is 4. The van der Waals surface area contributed by atoms with E-state index >= 15 is 0 Å². The second kappa shape index (κ2) is 25.1. The fraction of sp³-hybridized carbons (Fsp3) is 0.279. The predicted molar refractivity (Wildman–Crippen MR) is 312 cm³/mol. The van der Waals surface area contributed by atoms with E-state index in [2.05, 4.69) is 35.9 Å². The second-order valence-corrected chi connectivity index (χ2v) is 21.6. The lowest BCUT2D eigenvalue weighted by Crippen LogP contribution is -2.57. The molecule has 460 valence electrons. The van der Waals surface area contributed by atoms with Gasteiger partial charge < -0.3 is 49.6 Å². The van der Waals surface area contributed by atoms with Gasteiger partial charge in [-0.3, -0.25) is 28.8 Å². The number of alkyl halides is 4. The molecule has 0 saturated carbocycles. The summed E-state index contributed by atoms with van der Waals surface area (Å²) in [6.07, 6.45) is 13.7. The van der Waals surface area contributed by atoms with Crippen molar-refractivity contribution in [3.8, 4) is 57.0 Å². The highest BCUT2D eigenvalue weighted by molar-refractivity contribution is 6.10. The summed E-state index contributed by atoms with van der Waals surface area (Å²) in [4.78, 5) is 39.3. The van der Waals surface area contributed by atoms with Crippen LogP contribution < -0.4 is 29.6 Å². The summed E-state index contributed by atoms with van der Waals surface area (Å²) in [6.45, 7) is -3.37. The fourth-order valence-electron chi connectivity index (χ4n) is 11.0. The molecule has 10 aromatic rings. The predicted octanol–water partition coefficient (Wildman–Crippen LogP) is 8.09. The fourth-order valence-corrected chi connectivity index (χ4v) is 11.0. The van der Waals surface area contributed by atoms with Gasteiger partial charge in [-0.25, -0.2) is 19.0 Å². The highest BCUT2D eigenvalue weighted by Crippen LogP contribution is 2.43. The van der Waals surface area contributed by atoms with Gasteiger partial charge in [-0.15, -0.1) is 0 Å². The van der Waals surface area contributed by atoms with E-state index in [0.29, 0.717) is 91.9 Å². The third kappa shape index (κ3) is 12.9. The molecule has 2 amide bonds. The van der Waals surface area contributed by atoms with E-state index in [1.165, 1.54) is 68.8 Å². The maximum atomic E-state index is 13.6. The minimum Gasteiger partial charge on any atom is -0.457 e. The van der Waals surface area contributed by atoms with E-state index in [9.17, 15) is 42.5 Å². The van der Waals surface area contributed by atoms with Crippen molar-refractivity contribution >= 4 is 34.5 Å². The zero-order chi connectivity index (χ0) is 62.0. The van der Waals surface area contributed by atoms with Crippen molar-refractivity contribution < 1.29 is 66.2 Å². The molecule has 5 N–H and O–H groups in total. The molecule has 24 nitrogen and oxygen atoms in total. The van der Waals surface area contributed by atoms with Crippen molar-refractivity contribution in [1.82, 2.24) is 58.6 Å². The van der Waals surface area contributed by atoms with E-state index in [4.69, 9.17) is 28.8 Å². The van der Waals surface area contributed by atoms with Gasteiger partial charge in [0.2, 0.25) is 0 Å². The van der Waals surface area contributed by atoms with Crippen LogP contribution in [0, 0.1) is 0 Å². The number of amides is 2. The molecule has 89 heavy (non-hydrogen) atoms. The average molecular weight is 1220 g/mol. The quantitative estimate of drug-likeness (QED) is 0.0479. The first-order chi connectivity index (χ1) is 43.0. The summed E-state index contributed by atoms with van der Waals surface area (Å²) in [5, 5.41) is 54.5. The topological polar surface area (TPSA) is 268 Å². The van der Waals surface area contributed by atoms with Crippen molar-refractivity contribution in [2.24, 2.45) is 0 Å². The van der Waals surface area contributed by atoms with Crippen LogP contribution in [0.4, 0.5) is 28.9 Å². The Hall–Kier alpha value is -9.84. The lowest BCUT2D eigenvalue weighted by atomic mass is 9.86. The van der Waals surface area contributed by atoms with Crippen molar-refractivity contribution in [2.75, 3.05) is 70.7 Å². The normalized spacial score (nSPS) is 15.7. The van der Waals surface area contributed by atoms with Crippen molar-refractivity contribution in [3.05, 3.63) is 169 Å². The van der Waals surface area contributed by atoms with Gasteiger partial charge in [0.05, 0.1) is 54.1 Å². The number of rotatable bonds is 19. The number of aliphatic hydroxyl groups excluding tert-OH is 1. The molecule has 9 heterocycles. The molecule has 4 aromatic carbocycles. The summed E-state index contributed by atoms with van der Waals surface area (Å²) in [5.74, 6) is 0.0620. The first-order valence-corrected chi connectivity index (χ1v) is 28.1. The molecule has 13 rings (SSSR count). The van der Waals surface area contributed by atoms with Gasteiger partial charge in [0.15, 0.2) is 11.3 Å².